The molecule has 0 unspecified atom stereocenters. The molecule has 0 nitrogen and oxygen atoms in total. The summed E-state index contributed by atoms with van der Waals surface area (Å²) in [4.78, 5) is 0. The van der Waals surface area contributed by atoms with Gasteiger partial charge in [-0.1, -0.05) is 40.9 Å². The first-order valence-electron chi connectivity index (χ1n) is 4.78. The SMILES string of the molecule is Cc1cc(Cl)cc(-c2cc(Cl)cc(Cl)c2)c1. The van der Waals surface area contributed by atoms with Gasteiger partial charge >= 0.3 is 0 Å². The average Bonchev–Trinajstić information content (AvgIpc) is 2.14. The molecule has 0 fully saturated rings. The standard InChI is InChI=1S/C13H9Cl3/c1-8-2-9(4-11(14)3-8)10-5-12(15)7-13(16)6-10/h2-7H,1H3. The molecule has 0 N–H and O–H groups in total. The summed E-state index contributed by atoms with van der Waals surface area (Å²) < 4.78 is 0. The van der Waals surface area contributed by atoms with Gasteiger partial charge in [0.05, 0.1) is 0 Å². The van der Waals surface area contributed by atoms with Crippen LogP contribution < -0.4 is 0 Å². The van der Waals surface area contributed by atoms with E-state index in [9.17, 15) is 0 Å². The number of halogens is 3. The van der Waals surface area contributed by atoms with Gasteiger partial charge in [0.1, 0.15) is 0 Å². The summed E-state index contributed by atoms with van der Waals surface area (Å²) >= 11 is 17.9. The van der Waals surface area contributed by atoms with Crippen LogP contribution in [0.1, 0.15) is 5.56 Å². The third-order valence-electron chi connectivity index (χ3n) is 2.24. The second-order valence-electron chi connectivity index (χ2n) is 3.68. The van der Waals surface area contributed by atoms with E-state index in [1.54, 1.807) is 6.07 Å². The Morgan fingerprint density at radius 3 is 1.56 bits per heavy atom. The zero-order chi connectivity index (χ0) is 11.7. The fourth-order valence-corrected chi connectivity index (χ4v) is 2.44. The van der Waals surface area contributed by atoms with Gasteiger partial charge in [0.15, 0.2) is 0 Å². The molecule has 0 aliphatic carbocycles. The summed E-state index contributed by atoms with van der Waals surface area (Å²) in [6.07, 6.45) is 0. The second-order valence-corrected chi connectivity index (χ2v) is 4.98. The van der Waals surface area contributed by atoms with Crippen molar-refractivity contribution < 1.29 is 0 Å². The minimum absolute atomic E-state index is 0.625. The Bertz CT molecular complexity index is 443. The van der Waals surface area contributed by atoms with Gasteiger partial charge < -0.3 is 0 Å². The first kappa shape index (κ1) is 11.8. The lowest BCUT2D eigenvalue weighted by atomic mass is 10.0. The lowest BCUT2D eigenvalue weighted by Gasteiger charge is -2.05. The van der Waals surface area contributed by atoms with Crippen molar-refractivity contribution in [3.63, 3.8) is 0 Å². The van der Waals surface area contributed by atoms with Gasteiger partial charge in [-0.3, -0.25) is 0 Å². The summed E-state index contributed by atoms with van der Waals surface area (Å²) in [7, 11) is 0. The summed E-state index contributed by atoms with van der Waals surface area (Å²) in [6, 6.07) is 11.3. The molecule has 0 aromatic heterocycles. The van der Waals surface area contributed by atoms with Crippen LogP contribution in [0.3, 0.4) is 0 Å². The highest BCUT2D eigenvalue weighted by molar-refractivity contribution is 6.35. The van der Waals surface area contributed by atoms with E-state index in [0.717, 1.165) is 16.7 Å². The van der Waals surface area contributed by atoms with Crippen molar-refractivity contribution in [2.24, 2.45) is 0 Å². The lowest BCUT2D eigenvalue weighted by Crippen LogP contribution is -1.81. The summed E-state index contributed by atoms with van der Waals surface area (Å²) in [6.45, 7) is 2.00. The van der Waals surface area contributed by atoms with Gasteiger partial charge in [-0.2, -0.15) is 0 Å². The van der Waals surface area contributed by atoms with E-state index in [1.165, 1.54) is 0 Å². The van der Waals surface area contributed by atoms with Crippen molar-refractivity contribution in [3.8, 4) is 11.1 Å². The molecule has 2 aromatic rings. The van der Waals surface area contributed by atoms with Crippen molar-refractivity contribution in [3.05, 3.63) is 57.0 Å². The van der Waals surface area contributed by atoms with Gasteiger partial charge in [-0.15, -0.1) is 0 Å². The summed E-state index contributed by atoms with van der Waals surface area (Å²) in [5.41, 5.74) is 3.11. The number of rotatable bonds is 1. The van der Waals surface area contributed by atoms with Gasteiger partial charge in [-0.05, 0) is 53.9 Å². The minimum Gasteiger partial charge on any atom is -0.0843 e. The van der Waals surface area contributed by atoms with Crippen molar-refractivity contribution in [1.29, 1.82) is 0 Å². The van der Waals surface area contributed by atoms with Crippen LogP contribution in [0, 0.1) is 6.92 Å². The molecular weight excluding hydrogens is 263 g/mol. The molecule has 3 heteroatoms. The first-order chi connectivity index (χ1) is 7.54. The maximum Gasteiger partial charge on any atom is 0.0426 e. The molecule has 0 atom stereocenters. The third kappa shape index (κ3) is 2.70. The van der Waals surface area contributed by atoms with Gasteiger partial charge in [-0.25, -0.2) is 0 Å². The van der Waals surface area contributed by atoms with Crippen LogP contribution in [-0.2, 0) is 0 Å². The van der Waals surface area contributed by atoms with Crippen LogP contribution in [-0.4, -0.2) is 0 Å². The number of aryl methyl sites for hydroxylation is 1. The maximum atomic E-state index is 6.01. The normalized spacial score (nSPS) is 10.5. The van der Waals surface area contributed by atoms with Crippen molar-refractivity contribution >= 4 is 34.8 Å². The van der Waals surface area contributed by atoms with Crippen molar-refractivity contribution in [1.82, 2.24) is 0 Å². The number of hydrogen-bond acceptors (Lipinski definition) is 0. The third-order valence-corrected chi connectivity index (χ3v) is 2.89. The maximum absolute atomic E-state index is 6.01. The van der Waals surface area contributed by atoms with E-state index in [-0.39, 0.29) is 0 Å². The Kier molecular flexibility index (Phi) is 3.44. The molecule has 2 rings (SSSR count). The predicted molar refractivity (Wildman–Crippen MR) is 71.6 cm³/mol. The molecule has 0 aliphatic heterocycles. The van der Waals surface area contributed by atoms with Crippen molar-refractivity contribution in [2.45, 2.75) is 6.92 Å². The van der Waals surface area contributed by atoms with E-state index in [1.807, 2.05) is 37.3 Å². The number of hydrogen-bond donors (Lipinski definition) is 0. The molecule has 0 amide bonds. The van der Waals surface area contributed by atoms with Crippen LogP contribution in [0.5, 0.6) is 0 Å². The van der Waals surface area contributed by atoms with E-state index in [0.29, 0.717) is 15.1 Å². The Morgan fingerprint density at radius 1 is 0.625 bits per heavy atom. The van der Waals surface area contributed by atoms with Crippen LogP contribution in [0.15, 0.2) is 36.4 Å². The van der Waals surface area contributed by atoms with Crippen molar-refractivity contribution in [2.75, 3.05) is 0 Å². The fraction of sp³-hybridized carbons (Fsp3) is 0.0769. The highest BCUT2D eigenvalue weighted by Gasteiger charge is 2.03. The Labute approximate surface area is 110 Å². The highest BCUT2D eigenvalue weighted by Crippen LogP contribution is 2.29. The van der Waals surface area contributed by atoms with Crippen LogP contribution >= 0.6 is 34.8 Å². The lowest BCUT2D eigenvalue weighted by molar-refractivity contribution is 1.47. The molecule has 0 aliphatic rings. The smallest absolute Gasteiger partial charge is 0.0426 e. The molecular formula is C13H9Cl3. The molecule has 0 radical (unpaired) electrons. The minimum atomic E-state index is 0.625. The molecule has 82 valence electrons. The topological polar surface area (TPSA) is 0 Å². The van der Waals surface area contributed by atoms with Gasteiger partial charge in [0.2, 0.25) is 0 Å². The molecule has 0 bridgehead atoms. The largest absolute Gasteiger partial charge is 0.0843 e. The molecule has 0 heterocycles. The zero-order valence-corrected chi connectivity index (χ0v) is 10.9. The summed E-state index contributed by atoms with van der Waals surface area (Å²) in [5.74, 6) is 0. The average molecular weight is 272 g/mol. The van der Waals surface area contributed by atoms with Crippen LogP contribution in [0.4, 0.5) is 0 Å². The Hall–Kier alpha value is -0.690. The predicted octanol–water partition coefficient (Wildman–Crippen LogP) is 5.62. The van der Waals surface area contributed by atoms with E-state index in [2.05, 4.69) is 0 Å². The van der Waals surface area contributed by atoms with Crippen LogP contribution in [0.2, 0.25) is 15.1 Å². The Balaban J connectivity index is 2.57. The molecule has 16 heavy (non-hydrogen) atoms. The molecule has 2 aromatic carbocycles. The van der Waals surface area contributed by atoms with E-state index < -0.39 is 0 Å². The second kappa shape index (κ2) is 4.67. The van der Waals surface area contributed by atoms with Crippen LogP contribution in [0.25, 0.3) is 11.1 Å². The zero-order valence-electron chi connectivity index (χ0n) is 8.60. The first-order valence-corrected chi connectivity index (χ1v) is 5.91. The Morgan fingerprint density at radius 2 is 1.06 bits per heavy atom. The monoisotopic (exact) mass is 270 g/mol. The van der Waals surface area contributed by atoms with Gasteiger partial charge in [0.25, 0.3) is 0 Å². The molecule has 0 saturated heterocycles. The fourth-order valence-electron chi connectivity index (χ4n) is 1.62. The quantitative estimate of drug-likeness (QED) is 0.631. The summed E-state index contributed by atoms with van der Waals surface area (Å²) in [5, 5.41) is 1.96. The number of benzene rings is 2. The van der Waals surface area contributed by atoms with E-state index in [4.69, 9.17) is 34.8 Å². The van der Waals surface area contributed by atoms with Gasteiger partial charge in [0, 0.05) is 15.1 Å². The molecule has 0 spiro atoms. The highest BCUT2D eigenvalue weighted by atomic mass is 35.5. The molecule has 0 saturated carbocycles. The van der Waals surface area contributed by atoms with E-state index >= 15 is 0 Å².